The van der Waals surface area contributed by atoms with Gasteiger partial charge in [0.05, 0.1) is 6.61 Å². The summed E-state index contributed by atoms with van der Waals surface area (Å²) >= 11 is 0. The van der Waals surface area contributed by atoms with Crippen LogP contribution in [0.2, 0.25) is 0 Å². The first-order valence-electron chi connectivity index (χ1n) is 29.6. The maximum absolute atomic E-state index is 13.1. The topological polar surface area (TPSA) is 175 Å². The summed E-state index contributed by atoms with van der Waals surface area (Å²) in [5.74, 6) is -3.19. The van der Waals surface area contributed by atoms with Gasteiger partial charge >= 0.3 is 23.9 Å². The molecule has 1 fully saturated rings. The number of allylic oxidation sites excluding steroid dienone is 14. The zero-order valence-electron chi connectivity index (χ0n) is 47.0. The Morgan fingerprint density at radius 1 is 0.453 bits per heavy atom. The first kappa shape index (κ1) is 68.9. The number of ether oxygens (including phenoxy) is 5. The van der Waals surface area contributed by atoms with Crippen LogP contribution in [0.1, 0.15) is 239 Å². The van der Waals surface area contributed by atoms with Crippen LogP contribution in [0.5, 0.6) is 0 Å². The molecule has 1 aliphatic heterocycles. The fourth-order valence-electron chi connectivity index (χ4n) is 8.39. The van der Waals surface area contributed by atoms with Crippen LogP contribution in [-0.4, -0.2) is 89.2 Å². The highest BCUT2D eigenvalue weighted by Gasteiger charge is 2.50. The van der Waals surface area contributed by atoms with Crippen LogP contribution in [0, 0.1) is 0 Å². The zero-order chi connectivity index (χ0) is 54.7. The van der Waals surface area contributed by atoms with Gasteiger partial charge in [-0.15, -0.1) is 0 Å². The summed E-state index contributed by atoms with van der Waals surface area (Å²) in [6.45, 7) is 5.75. The Hall–Kier alpha value is -4.10. The average Bonchev–Trinajstić information content (AvgIpc) is 3.39. The molecule has 0 aliphatic carbocycles. The largest absolute Gasteiger partial charge is 0.479 e. The van der Waals surface area contributed by atoms with Crippen LogP contribution in [0.25, 0.3) is 0 Å². The highest BCUT2D eigenvalue weighted by atomic mass is 16.7. The van der Waals surface area contributed by atoms with Crippen LogP contribution < -0.4 is 0 Å². The summed E-state index contributed by atoms with van der Waals surface area (Å²) in [4.78, 5) is 51.1. The van der Waals surface area contributed by atoms with Gasteiger partial charge in [-0.1, -0.05) is 196 Å². The third-order valence-corrected chi connectivity index (χ3v) is 12.9. The first-order valence-corrected chi connectivity index (χ1v) is 29.6. The molecule has 428 valence electrons. The standard InChI is InChI=1S/C63H104O12/c1-4-7-10-13-16-19-22-25-26-27-28-29-30-33-34-37-40-43-46-49-55(64)71-52-54(73-56(65)50-47-44-41-38-35-31-23-20-17-14-11-8-5-2)53-72-63-61(59(68)58(67)60(75-63)62(69)70)74-57(66)51-48-45-42-39-36-32-24-21-18-15-12-9-6-3/h9,11-12,14,16,18-21,23,25-26,32,36,54,58-61,63,67-68H,4-8,10,13,15,17,22,24,27-31,33-35,37-53H2,1-3H3,(H,69,70)/b12-9-,14-11-,19-16-,21-18-,23-20-,26-25-,36-32-. The molecule has 1 rings (SSSR count). The molecule has 12 heteroatoms. The number of unbranched alkanes of at least 4 members (excludes halogenated alkanes) is 21. The predicted molar refractivity (Wildman–Crippen MR) is 303 cm³/mol. The van der Waals surface area contributed by atoms with Crippen molar-refractivity contribution in [3.8, 4) is 0 Å². The van der Waals surface area contributed by atoms with Crippen LogP contribution in [0.4, 0.5) is 0 Å². The van der Waals surface area contributed by atoms with E-state index in [9.17, 15) is 34.5 Å². The number of carboxylic acid groups (broad SMARTS) is 1. The van der Waals surface area contributed by atoms with Gasteiger partial charge in [-0.05, 0) is 109 Å². The van der Waals surface area contributed by atoms with Gasteiger partial charge in [-0.2, -0.15) is 0 Å². The molecule has 0 radical (unpaired) electrons. The van der Waals surface area contributed by atoms with Gasteiger partial charge in [0.25, 0.3) is 0 Å². The Balaban J connectivity index is 2.69. The van der Waals surface area contributed by atoms with E-state index in [-0.39, 0.29) is 25.9 Å². The monoisotopic (exact) mass is 1050 g/mol. The van der Waals surface area contributed by atoms with Gasteiger partial charge in [-0.25, -0.2) is 4.79 Å². The van der Waals surface area contributed by atoms with E-state index < -0.39 is 67.3 Å². The van der Waals surface area contributed by atoms with Gasteiger partial charge in [0, 0.05) is 19.3 Å². The second-order valence-corrected chi connectivity index (χ2v) is 19.9. The van der Waals surface area contributed by atoms with E-state index in [0.717, 1.165) is 122 Å². The van der Waals surface area contributed by atoms with Crippen LogP contribution >= 0.6 is 0 Å². The number of carbonyl (C=O) groups excluding carboxylic acids is 3. The number of hydrogen-bond donors (Lipinski definition) is 3. The highest BCUT2D eigenvalue weighted by molar-refractivity contribution is 5.74. The summed E-state index contributed by atoms with van der Waals surface area (Å²) in [6, 6.07) is 0. The van der Waals surface area contributed by atoms with Crippen molar-refractivity contribution in [2.24, 2.45) is 0 Å². The van der Waals surface area contributed by atoms with E-state index in [0.29, 0.717) is 19.3 Å². The van der Waals surface area contributed by atoms with Gasteiger partial charge in [0.2, 0.25) is 0 Å². The molecule has 0 spiro atoms. The van der Waals surface area contributed by atoms with Crippen molar-refractivity contribution in [1.29, 1.82) is 0 Å². The Kier molecular flexibility index (Phi) is 46.6. The molecule has 6 unspecified atom stereocenters. The Morgan fingerprint density at radius 2 is 0.867 bits per heavy atom. The van der Waals surface area contributed by atoms with Crippen LogP contribution in [-0.2, 0) is 42.9 Å². The van der Waals surface area contributed by atoms with Gasteiger partial charge < -0.3 is 39.0 Å². The molecule has 0 amide bonds. The van der Waals surface area contributed by atoms with E-state index in [1.807, 2.05) is 0 Å². The number of aliphatic hydroxyl groups excluding tert-OH is 2. The lowest BCUT2D eigenvalue weighted by Gasteiger charge is -2.40. The van der Waals surface area contributed by atoms with Crippen molar-refractivity contribution in [2.75, 3.05) is 13.2 Å². The average molecular weight is 1050 g/mol. The highest BCUT2D eigenvalue weighted by Crippen LogP contribution is 2.26. The Bertz CT molecular complexity index is 1630. The number of esters is 3. The van der Waals surface area contributed by atoms with Crippen LogP contribution in [0.15, 0.2) is 85.1 Å². The SMILES string of the molecule is CC/C=C\C/C=C\C/C=C\CCCCCC(=O)OC1C(OCC(COC(=O)CCCCCCCCCCC/C=C\C/C=C\CCCCC)OC(=O)CCCCCCC/C=C\C/C=C\CCC)OC(C(=O)O)C(O)C1O. The van der Waals surface area contributed by atoms with E-state index in [4.69, 9.17) is 23.7 Å². The predicted octanol–water partition coefficient (Wildman–Crippen LogP) is 15.1. The van der Waals surface area contributed by atoms with Crippen LogP contribution in [0.3, 0.4) is 0 Å². The minimum absolute atomic E-state index is 0.0205. The van der Waals surface area contributed by atoms with Gasteiger partial charge in [0.15, 0.2) is 24.6 Å². The lowest BCUT2D eigenvalue weighted by molar-refractivity contribution is -0.301. The summed E-state index contributed by atoms with van der Waals surface area (Å²) in [5, 5.41) is 31.4. The molecule has 1 aliphatic rings. The van der Waals surface area contributed by atoms with E-state index in [1.54, 1.807) is 0 Å². The van der Waals surface area contributed by atoms with Gasteiger partial charge in [0.1, 0.15) is 18.8 Å². The lowest BCUT2D eigenvalue weighted by atomic mass is 9.98. The normalized spacial score (nSPS) is 18.8. The Labute approximate surface area is 454 Å². The summed E-state index contributed by atoms with van der Waals surface area (Å²) in [5.41, 5.74) is 0. The molecular weight excluding hydrogens is 949 g/mol. The number of carboxylic acids is 1. The zero-order valence-corrected chi connectivity index (χ0v) is 47.0. The van der Waals surface area contributed by atoms with Crippen molar-refractivity contribution in [2.45, 2.75) is 276 Å². The fourth-order valence-corrected chi connectivity index (χ4v) is 8.39. The van der Waals surface area contributed by atoms with E-state index in [1.165, 1.54) is 57.8 Å². The van der Waals surface area contributed by atoms with Crippen molar-refractivity contribution < 1.29 is 58.2 Å². The molecule has 0 aromatic heterocycles. The molecule has 0 saturated carbocycles. The maximum atomic E-state index is 13.1. The number of aliphatic carboxylic acids is 1. The molecular formula is C63H104O12. The first-order chi connectivity index (χ1) is 36.6. The number of rotatable bonds is 49. The smallest absolute Gasteiger partial charge is 0.335 e. The number of carbonyl (C=O) groups is 4. The number of aliphatic hydroxyl groups is 2. The van der Waals surface area contributed by atoms with Crippen molar-refractivity contribution in [3.05, 3.63) is 85.1 Å². The third-order valence-electron chi connectivity index (χ3n) is 12.9. The molecule has 3 N–H and O–H groups in total. The second kappa shape index (κ2) is 50.7. The molecule has 6 atom stereocenters. The summed E-state index contributed by atoms with van der Waals surface area (Å²) in [7, 11) is 0. The molecule has 1 heterocycles. The van der Waals surface area contributed by atoms with E-state index in [2.05, 4.69) is 106 Å². The minimum atomic E-state index is -1.92. The van der Waals surface area contributed by atoms with Gasteiger partial charge in [-0.3, -0.25) is 14.4 Å². The lowest BCUT2D eigenvalue weighted by Crippen LogP contribution is -2.61. The molecule has 12 nitrogen and oxygen atoms in total. The molecule has 0 bridgehead atoms. The molecule has 1 saturated heterocycles. The quantitative estimate of drug-likeness (QED) is 0.0228. The molecule has 0 aromatic carbocycles. The van der Waals surface area contributed by atoms with E-state index >= 15 is 0 Å². The fraction of sp³-hybridized carbons (Fsp3) is 0.714. The van der Waals surface area contributed by atoms with Crippen molar-refractivity contribution in [1.82, 2.24) is 0 Å². The second-order valence-electron chi connectivity index (χ2n) is 19.9. The Morgan fingerprint density at radius 3 is 1.35 bits per heavy atom. The molecule has 75 heavy (non-hydrogen) atoms. The van der Waals surface area contributed by atoms with Crippen molar-refractivity contribution in [3.63, 3.8) is 0 Å². The third kappa shape index (κ3) is 40.8. The number of hydrogen-bond acceptors (Lipinski definition) is 11. The maximum Gasteiger partial charge on any atom is 0.335 e. The van der Waals surface area contributed by atoms with Crippen molar-refractivity contribution >= 4 is 23.9 Å². The minimum Gasteiger partial charge on any atom is -0.479 e. The molecule has 0 aromatic rings. The summed E-state index contributed by atoms with van der Waals surface area (Å²) < 4.78 is 28.4. The summed E-state index contributed by atoms with van der Waals surface area (Å²) in [6.07, 6.45) is 52.7.